The number of rotatable bonds is 5. The molecule has 1 aromatic heterocycles. The quantitative estimate of drug-likeness (QED) is 0.552. The number of carbonyl (C=O) groups is 2. The third kappa shape index (κ3) is 5.22. The monoisotopic (exact) mass is 521 g/mol. The van der Waals surface area contributed by atoms with Crippen LogP contribution in [0.25, 0.3) is 11.0 Å². The minimum absolute atomic E-state index is 0.107. The Labute approximate surface area is 220 Å². The fraction of sp³-hybridized carbons (Fsp3) is 0.393. The van der Waals surface area contributed by atoms with Crippen LogP contribution in [0.2, 0.25) is 0 Å². The number of carbonyl (C=O) groups excluding carboxylic acids is 2. The zero-order valence-electron chi connectivity index (χ0n) is 21.7. The molecule has 0 radical (unpaired) electrons. The molecule has 0 aliphatic carbocycles. The van der Waals surface area contributed by atoms with Crippen molar-refractivity contribution in [2.75, 3.05) is 74.5 Å². The lowest BCUT2D eigenvalue weighted by atomic mass is 10.1. The Hall–Kier alpha value is -3.92. The van der Waals surface area contributed by atoms with Gasteiger partial charge in [-0.2, -0.15) is 0 Å². The van der Waals surface area contributed by atoms with Crippen LogP contribution in [-0.2, 0) is 4.79 Å². The fourth-order valence-corrected chi connectivity index (χ4v) is 5.06. The lowest BCUT2D eigenvalue weighted by Crippen LogP contribution is -2.48. The smallest absolute Gasteiger partial charge is 0.291 e. The summed E-state index contributed by atoms with van der Waals surface area (Å²) >= 11 is 0. The van der Waals surface area contributed by atoms with Gasteiger partial charge in [-0.15, -0.1) is 0 Å². The van der Waals surface area contributed by atoms with Crippen LogP contribution < -0.4 is 20.5 Å². The number of amides is 2. The van der Waals surface area contributed by atoms with Crippen molar-refractivity contribution in [3.8, 4) is 0 Å². The number of hydrogen-bond donors (Lipinski definition) is 1. The van der Waals surface area contributed by atoms with E-state index in [9.17, 15) is 18.8 Å². The Bertz CT molecular complexity index is 1410. The summed E-state index contributed by atoms with van der Waals surface area (Å²) in [4.78, 5) is 46.4. The number of benzene rings is 2. The minimum atomic E-state index is -0.565. The highest BCUT2D eigenvalue weighted by atomic mass is 19.1. The molecule has 9 nitrogen and oxygen atoms in total. The standard InChI is InChI=1S/C28H32FN5O4/c1-3-26(36)34-14-12-32(13-15-34)22-7-5-4-6-21(22)30-28(37)25-18-24(35)20-16-19(29)17-23(27(20)38-25)33-10-8-31(2)9-11-33/h4-7,16-18H,3,8-15H2,1-2H3,(H,30,37). The summed E-state index contributed by atoms with van der Waals surface area (Å²) in [6.07, 6.45) is 0.479. The molecule has 3 aromatic rings. The highest BCUT2D eigenvalue weighted by molar-refractivity contribution is 6.05. The van der Waals surface area contributed by atoms with Crippen LogP contribution in [0.15, 0.2) is 51.7 Å². The Kier molecular flexibility index (Phi) is 7.33. The zero-order valence-corrected chi connectivity index (χ0v) is 21.7. The van der Waals surface area contributed by atoms with Crippen LogP contribution in [0, 0.1) is 5.82 Å². The van der Waals surface area contributed by atoms with E-state index in [0.717, 1.165) is 30.9 Å². The SMILES string of the molecule is CCC(=O)N1CCN(c2ccccc2NC(=O)c2cc(=O)c3cc(F)cc(N4CCN(C)CC4)c3o2)CC1. The molecular formula is C28H32FN5O4. The zero-order chi connectivity index (χ0) is 26.8. The molecule has 0 bridgehead atoms. The van der Waals surface area contributed by atoms with Crippen molar-refractivity contribution < 1.29 is 18.4 Å². The molecule has 2 aliphatic heterocycles. The molecule has 2 saturated heterocycles. The first-order valence-corrected chi connectivity index (χ1v) is 13.0. The van der Waals surface area contributed by atoms with E-state index in [2.05, 4.69) is 15.1 Å². The number of para-hydroxylation sites is 2. The van der Waals surface area contributed by atoms with E-state index in [0.29, 0.717) is 57.1 Å². The molecular weight excluding hydrogens is 489 g/mol. The van der Waals surface area contributed by atoms with E-state index < -0.39 is 17.2 Å². The summed E-state index contributed by atoms with van der Waals surface area (Å²) in [6, 6.07) is 11.0. The lowest BCUT2D eigenvalue weighted by Gasteiger charge is -2.36. The average molecular weight is 522 g/mol. The second-order valence-corrected chi connectivity index (χ2v) is 9.76. The maximum Gasteiger partial charge on any atom is 0.291 e. The number of piperazine rings is 2. The van der Waals surface area contributed by atoms with Crippen LogP contribution in [0.4, 0.5) is 21.5 Å². The summed E-state index contributed by atoms with van der Waals surface area (Å²) < 4.78 is 20.4. The third-order valence-corrected chi connectivity index (χ3v) is 7.27. The first kappa shape index (κ1) is 25.7. The summed E-state index contributed by atoms with van der Waals surface area (Å²) in [5.41, 5.74) is 1.61. The molecule has 5 rings (SSSR count). The average Bonchev–Trinajstić information content (AvgIpc) is 2.93. The molecule has 38 heavy (non-hydrogen) atoms. The van der Waals surface area contributed by atoms with Gasteiger partial charge in [0.15, 0.2) is 16.8 Å². The Morgan fingerprint density at radius 1 is 0.921 bits per heavy atom. The van der Waals surface area contributed by atoms with Gasteiger partial charge in [0.2, 0.25) is 5.91 Å². The van der Waals surface area contributed by atoms with E-state index in [-0.39, 0.29) is 22.6 Å². The van der Waals surface area contributed by atoms with Gasteiger partial charge in [-0.05, 0) is 25.2 Å². The molecule has 2 fully saturated rings. The molecule has 200 valence electrons. The third-order valence-electron chi connectivity index (χ3n) is 7.27. The van der Waals surface area contributed by atoms with Gasteiger partial charge >= 0.3 is 0 Å². The van der Waals surface area contributed by atoms with Crippen LogP contribution in [0.1, 0.15) is 23.9 Å². The van der Waals surface area contributed by atoms with Crippen molar-refractivity contribution in [2.45, 2.75) is 13.3 Å². The van der Waals surface area contributed by atoms with Gasteiger partial charge in [-0.1, -0.05) is 19.1 Å². The number of anilines is 3. The normalized spacial score (nSPS) is 16.7. The predicted molar refractivity (Wildman–Crippen MR) is 146 cm³/mol. The maximum atomic E-state index is 14.4. The van der Waals surface area contributed by atoms with Gasteiger partial charge in [0.25, 0.3) is 5.91 Å². The van der Waals surface area contributed by atoms with Crippen LogP contribution >= 0.6 is 0 Å². The number of halogens is 1. The highest BCUT2D eigenvalue weighted by Gasteiger charge is 2.24. The van der Waals surface area contributed by atoms with Crippen molar-refractivity contribution in [1.29, 1.82) is 0 Å². The number of fused-ring (bicyclic) bond motifs is 1. The van der Waals surface area contributed by atoms with Gasteiger partial charge in [-0.25, -0.2) is 4.39 Å². The molecule has 10 heteroatoms. The predicted octanol–water partition coefficient (Wildman–Crippen LogP) is 2.99. The highest BCUT2D eigenvalue weighted by Crippen LogP contribution is 2.30. The topological polar surface area (TPSA) is 89.3 Å². The van der Waals surface area contributed by atoms with E-state index in [1.807, 2.05) is 42.0 Å². The van der Waals surface area contributed by atoms with E-state index in [1.54, 1.807) is 6.07 Å². The Balaban J connectivity index is 1.41. The van der Waals surface area contributed by atoms with Gasteiger partial charge < -0.3 is 29.3 Å². The van der Waals surface area contributed by atoms with Gasteiger partial charge in [0.1, 0.15) is 5.82 Å². The van der Waals surface area contributed by atoms with Crippen molar-refractivity contribution >= 4 is 39.8 Å². The number of nitrogens with zero attached hydrogens (tertiary/aromatic N) is 4. The summed E-state index contributed by atoms with van der Waals surface area (Å²) in [5.74, 6) is -1.10. The summed E-state index contributed by atoms with van der Waals surface area (Å²) in [7, 11) is 2.02. The van der Waals surface area contributed by atoms with Crippen molar-refractivity contribution in [3.63, 3.8) is 0 Å². The number of nitrogens with one attached hydrogen (secondary N) is 1. The van der Waals surface area contributed by atoms with Crippen molar-refractivity contribution in [2.24, 2.45) is 0 Å². The maximum absolute atomic E-state index is 14.4. The first-order chi connectivity index (χ1) is 18.3. The second-order valence-electron chi connectivity index (χ2n) is 9.76. The molecule has 0 unspecified atom stereocenters. The van der Waals surface area contributed by atoms with E-state index in [1.165, 1.54) is 6.07 Å². The van der Waals surface area contributed by atoms with Crippen molar-refractivity contribution in [3.05, 3.63) is 64.3 Å². The number of likely N-dealkylation sites (N-methyl/N-ethyl adjacent to an activating group) is 1. The van der Waals surface area contributed by atoms with Crippen molar-refractivity contribution in [1.82, 2.24) is 9.80 Å². The minimum Gasteiger partial charge on any atom is -0.448 e. The first-order valence-electron chi connectivity index (χ1n) is 13.0. The Morgan fingerprint density at radius 3 is 2.29 bits per heavy atom. The van der Waals surface area contributed by atoms with Crippen LogP contribution in [0.3, 0.4) is 0 Å². The molecule has 0 spiro atoms. The second kappa shape index (κ2) is 10.8. The fourth-order valence-electron chi connectivity index (χ4n) is 5.06. The largest absolute Gasteiger partial charge is 0.448 e. The van der Waals surface area contributed by atoms with Gasteiger partial charge in [0.05, 0.1) is 22.4 Å². The lowest BCUT2D eigenvalue weighted by molar-refractivity contribution is -0.131. The molecule has 1 N–H and O–H groups in total. The molecule has 2 aromatic carbocycles. The number of hydrogen-bond acceptors (Lipinski definition) is 7. The van der Waals surface area contributed by atoms with Gasteiger partial charge in [0, 0.05) is 70.9 Å². The summed E-state index contributed by atoms with van der Waals surface area (Å²) in [5, 5.41) is 3.00. The molecule has 3 heterocycles. The molecule has 2 aliphatic rings. The summed E-state index contributed by atoms with van der Waals surface area (Å²) in [6.45, 7) is 7.25. The van der Waals surface area contributed by atoms with Gasteiger partial charge in [-0.3, -0.25) is 14.4 Å². The van der Waals surface area contributed by atoms with Crippen LogP contribution in [0.5, 0.6) is 0 Å². The van der Waals surface area contributed by atoms with Crippen LogP contribution in [-0.4, -0.2) is 81.0 Å². The van der Waals surface area contributed by atoms with E-state index in [4.69, 9.17) is 4.42 Å². The molecule has 0 atom stereocenters. The molecule has 2 amide bonds. The Morgan fingerprint density at radius 2 is 1.58 bits per heavy atom. The van der Waals surface area contributed by atoms with E-state index >= 15 is 0 Å². The molecule has 0 saturated carbocycles.